The van der Waals surface area contributed by atoms with Crippen molar-refractivity contribution in [3.05, 3.63) is 73.6 Å². The molecule has 29 heavy (non-hydrogen) atoms. The molecule has 0 saturated heterocycles. The molecule has 1 atom stereocenters. The largest absolute Gasteiger partial charge is 0.448 e. The van der Waals surface area contributed by atoms with E-state index >= 15 is 0 Å². The van der Waals surface area contributed by atoms with Gasteiger partial charge in [0.05, 0.1) is 9.85 Å². The maximum Gasteiger partial charge on any atom is 0.349 e. The predicted octanol–water partition coefficient (Wildman–Crippen LogP) is 3.90. The van der Waals surface area contributed by atoms with Crippen LogP contribution in [0.25, 0.3) is 10.1 Å². The minimum atomic E-state index is -1.17. The van der Waals surface area contributed by atoms with Gasteiger partial charge in [0.25, 0.3) is 17.3 Å². The van der Waals surface area contributed by atoms with Gasteiger partial charge in [0.1, 0.15) is 4.88 Å². The number of nitro benzene ring substituents is 2. The molecule has 3 rings (SSSR count). The van der Waals surface area contributed by atoms with Crippen LogP contribution in [0, 0.1) is 20.2 Å². The fourth-order valence-electron chi connectivity index (χ4n) is 2.46. The van der Waals surface area contributed by atoms with Crippen LogP contribution in [0.5, 0.6) is 0 Å². The average Bonchev–Trinajstić information content (AvgIpc) is 3.11. The number of nitro groups is 2. The van der Waals surface area contributed by atoms with Crippen molar-refractivity contribution in [2.24, 2.45) is 0 Å². The minimum Gasteiger partial charge on any atom is -0.448 e. The van der Waals surface area contributed by atoms with Crippen LogP contribution in [-0.2, 0) is 9.53 Å². The number of amides is 1. The fraction of sp³-hybridized carbons (Fsp3) is 0.111. The predicted molar refractivity (Wildman–Crippen MR) is 105 cm³/mol. The van der Waals surface area contributed by atoms with Crippen LogP contribution >= 0.6 is 11.3 Å². The summed E-state index contributed by atoms with van der Waals surface area (Å²) < 4.78 is 5.81. The lowest BCUT2D eigenvalue weighted by atomic mass is 10.2. The van der Waals surface area contributed by atoms with Crippen molar-refractivity contribution in [3.8, 4) is 0 Å². The molecule has 1 N–H and O–H groups in total. The summed E-state index contributed by atoms with van der Waals surface area (Å²) in [5.74, 6) is -1.41. The van der Waals surface area contributed by atoms with Crippen molar-refractivity contribution in [2.45, 2.75) is 13.0 Å². The first-order chi connectivity index (χ1) is 13.7. The number of hydrogen-bond donors (Lipinski definition) is 1. The third-order valence-electron chi connectivity index (χ3n) is 3.89. The molecule has 0 fully saturated rings. The van der Waals surface area contributed by atoms with E-state index in [1.165, 1.54) is 55.5 Å². The standard InChI is InChI=1S/C18H13N3O7S/c1-10(17(22)19-12-3-2-4-13(9-12)20(24)25)28-18(23)16-8-11-7-14(21(26)27)5-6-15(11)29-16/h2-10H,1H3,(H,19,22). The third kappa shape index (κ3) is 4.52. The van der Waals surface area contributed by atoms with Crippen molar-refractivity contribution in [2.75, 3.05) is 5.32 Å². The summed E-state index contributed by atoms with van der Waals surface area (Å²) in [5.41, 5.74) is -0.0898. The monoisotopic (exact) mass is 415 g/mol. The number of nitrogens with zero attached hydrogens (tertiary/aromatic N) is 2. The fourth-order valence-corrected chi connectivity index (χ4v) is 3.38. The number of non-ortho nitro benzene ring substituents is 2. The molecule has 1 aromatic heterocycles. The SMILES string of the molecule is CC(OC(=O)c1cc2cc([N+](=O)[O-])ccc2s1)C(=O)Nc1cccc([N+](=O)[O-])c1. The number of ether oxygens (including phenoxy) is 1. The first-order valence-electron chi connectivity index (χ1n) is 8.19. The molecule has 0 radical (unpaired) electrons. The summed E-state index contributed by atoms with van der Waals surface area (Å²) in [6.07, 6.45) is -1.17. The van der Waals surface area contributed by atoms with Gasteiger partial charge in [-0.2, -0.15) is 0 Å². The van der Waals surface area contributed by atoms with Gasteiger partial charge in [-0.3, -0.25) is 25.0 Å². The number of rotatable bonds is 6. The highest BCUT2D eigenvalue weighted by Crippen LogP contribution is 2.29. The van der Waals surface area contributed by atoms with Crippen molar-refractivity contribution in [1.29, 1.82) is 0 Å². The first-order valence-corrected chi connectivity index (χ1v) is 9.00. The van der Waals surface area contributed by atoms with Gasteiger partial charge in [-0.15, -0.1) is 11.3 Å². The highest BCUT2D eigenvalue weighted by molar-refractivity contribution is 7.20. The zero-order valence-corrected chi connectivity index (χ0v) is 15.7. The molecule has 0 aliphatic rings. The molecule has 11 heteroatoms. The zero-order valence-electron chi connectivity index (χ0n) is 14.9. The summed E-state index contributed by atoms with van der Waals surface area (Å²) >= 11 is 1.08. The van der Waals surface area contributed by atoms with E-state index < -0.39 is 27.8 Å². The highest BCUT2D eigenvalue weighted by atomic mass is 32.1. The van der Waals surface area contributed by atoms with E-state index in [9.17, 15) is 29.8 Å². The van der Waals surface area contributed by atoms with Crippen LogP contribution < -0.4 is 5.32 Å². The van der Waals surface area contributed by atoms with E-state index in [2.05, 4.69) is 5.32 Å². The first kappa shape index (κ1) is 19.9. The maximum atomic E-state index is 12.3. The van der Waals surface area contributed by atoms with E-state index in [-0.39, 0.29) is 21.9 Å². The Hall–Kier alpha value is -3.86. The lowest BCUT2D eigenvalue weighted by Gasteiger charge is -2.12. The van der Waals surface area contributed by atoms with Crippen LogP contribution in [0.15, 0.2) is 48.5 Å². The summed E-state index contributed by atoms with van der Waals surface area (Å²) in [7, 11) is 0. The molecule has 0 aliphatic heterocycles. The molecule has 2 aromatic carbocycles. The van der Waals surface area contributed by atoms with Crippen LogP contribution in [-0.4, -0.2) is 27.8 Å². The van der Waals surface area contributed by atoms with Crippen LogP contribution in [0.3, 0.4) is 0 Å². The number of fused-ring (bicyclic) bond motifs is 1. The van der Waals surface area contributed by atoms with Crippen molar-refractivity contribution < 1.29 is 24.2 Å². The Bertz CT molecular complexity index is 1140. The second-order valence-corrected chi connectivity index (χ2v) is 7.02. The Kier molecular flexibility index (Phi) is 5.50. The van der Waals surface area contributed by atoms with E-state index in [1.54, 1.807) is 0 Å². The molecule has 0 spiro atoms. The normalized spacial score (nSPS) is 11.6. The molecular formula is C18H13N3O7S. The maximum absolute atomic E-state index is 12.3. The van der Waals surface area contributed by atoms with E-state index in [0.29, 0.717) is 10.1 Å². The van der Waals surface area contributed by atoms with Gasteiger partial charge in [0.2, 0.25) is 0 Å². The highest BCUT2D eigenvalue weighted by Gasteiger charge is 2.21. The van der Waals surface area contributed by atoms with Crippen LogP contribution in [0.1, 0.15) is 16.6 Å². The van der Waals surface area contributed by atoms with Gasteiger partial charge in [-0.05, 0) is 25.1 Å². The summed E-state index contributed by atoms with van der Waals surface area (Å²) in [4.78, 5) is 45.3. The van der Waals surface area contributed by atoms with Crippen LogP contribution in [0.2, 0.25) is 0 Å². The molecule has 148 valence electrons. The lowest BCUT2D eigenvalue weighted by molar-refractivity contribution is -0.384. The number of carbonyl (C=O) groups excluding carboxylic acids is 2. The molecule has 1 amide bonds. The number of esters is 1. The number of thiophene rings is 1. The molecule has 0 bridgehead atoms. The number of anilines is 1. The van der Waals surface area contributed by atoms with E-state index in [0.717, 1.165) is 11.3 Å². The van der Waals surface area contributed by atoms with Gasteiger partial charge >= 0.3 is 5.97 Å². The summed E-state index contributed by atoms with van der Waals surface area (Å²) in [5, 5.41) is 24.6. The topological polar surface area (TPSA) is 142 Å². The van der Waals surface area contributed by atoms with Gasteiger partial charge in [0, 0.05) is 40.0 Å². The second-order valence-electron chi connectivity index (χ2n) is 5.93. The molecule has 3 aromatic rings. The van der Waals surface area contributed by atoms with Crippen molar-refractivity contribution >= 4 is 50.4 Å². The van der Waals surface area contributed by atoms with Crippen LogP contribution in [0.4, 0.5) is 17.1 Å². The Balaban J connectivity index is 1.69. The van der Waals surface area contributed by atoms with E-state index in [1.807, 2.05) is 0 Å². The van der Waals surface area contributed by atoms with Crippen molar-refractivity contribution in [3.63, 3.8) is 0 Å². The molecular weight excluding hydrogens is 402 g/mol. The lowest BCUT2D eigenvalue weighted by Crippen LogP contribution is -2.29. The van der Waals surface area contributed by atoms with Crippen molar-refractivity contribution in [1.82, 2.24) is 0 Å². The number of hydrogen-bond acceptors (Lipinski definition) is 8. The summed E-state index contributed by atoms with van der Waals surface area (Å²) in [6, 6.07) is 11.0. The number of benzene rings is 2. The Morgan fingerprint density at radius 3 is 2.41 bits per heavy atom. The van der Waals surface area contributed by atoms with Gasteiger partial charge in [0.15, 0.2) is 6.10 Å². The third-order valence-corrected chi connectivity index (χ3v) is 4.99. The van der Waals surface area contributed by atoms with Gasteiger partial charge in [-0.25, -0.2) is 4.79 Å². The minimum absolute atomic E-state index is 0.0973. The quantitative estimate of drug-likeness (QED) is 0.365. The Labute approximate surface area is 167 Å². The molecule has 1 unspecified atom stereocenters. The second kappa shape index (κ2) is 8.02. The Morgan fingerprint density at radius 1 is 1.03 bits per heavy atom. The number of nitrogens with one attached hydrogen (secondary N) is 1. The molecule has 0 aliphatic carbocycles. The summed E-state index contributed by atoms with van der Waals surface area (Å²) in [6.45, 7) is 1.36. The van der Waals surface area contributed by atoms with E-state index in [4.69, 9.17) is 4.74 Å². The molecule has 0 saturated carbocycles. The van der Waals surface area contributed by atoms with Gasteiger partial charge < -0.3 is 10.1 Å². The molecule has 1 heterocycles. The average molecular weight is 415 g/mol. The zero-order chi connectivity index (χ0) is 21.1. The Morgan fingerprint density at radius 2 is 1.72 bits per heavy atom. The van der Waals surface area contributed by atoms with Gasteiger partial charge in [-0.1, -0.05) is 6.07 Å². The molecule has 10 nitrogen and oxygen atoms in total. The number of carbonyl (C=O) groups is 2. The smallest absolute Gasteiger partial charge is 0.349 e.